The highest BCUT2D eigenvalue weighted by molar-refractivity contribution is 7.99. The van der Waals surface area contributed by atoms with Crippen molar-refractivity contribution in [1.29, 1.82) is 0 Å². The first-order chi connectivity index (χ1) is 9.82. The van der Waals surface area contributed by atoms with Gasteiger partial charge in [-0.2, -0.15) is 11.8 Å². The predicted octanol–water partition coefficient (Wildman–Crippen LogP) is 2.87. The number of hydrogen-bond acceptors (Lipinski definition) is 3. The zero-order valence-electron chi connectivity index (χ0n) is 13.8. The first kappa shape index (κ1) is 20.0. The van der Waals surface area contributed by atoms with Crippen molar-refractivity contribution in [2.75, 3.05) is 11.5 Å². The minimum Gasteiger partial charge on any atom is -0.368 e. The summed E-state index contributed by atoms with van der Waals surface area (Å²) >= 11 is 1.82. The van der Waals surface area contributed by atoms with Crippen LogP contribution in [0.25, 0.3) is 0 Å². The van der Waals surface area contributed by atoms with Gasteiger partial charge in [0.1, 0.15) is 6.04 Å². The smallest absolute Gasteiger partial charge is 0.240 e. The van der Waals surface area contributed by atoms with Crippen molar-refractivity contribution in [3.05, 3.63) is 11.6 Å². The number of nitrogens with one attached hydrogen (secondary N) is 1. The summed E-state index contributed by atoms with van der Waals surface area (Å²) in [5, 5.41) is 2.58. The van der Waals surface area contributed by atoms with Crippen LogP contribution in [0.4, 0.5) is 0 Å². The van der Waals surface area contributed by atoms with E-state index in [0.717, 1.165) is 23.8 Å². The Hall–Kier alpha value is -0.970. The van der Waals surface area contributed by atoms with E-state index in [1.165, 1.54) is 25.3 Å². The summed E-state index contributed by atoms with van der Waals surface area (Å²) in [6, 6.07) is -0.537. The average molecular weight is 314 g/mol. The normalized spacial score (nSPS) is 13.3. The van der Waals surface area contributed by atoms with Crippen LogP contribution in [0.3, 0.4) is 0 Å². The lowest BCUT2D eigenvalue weighted by molar-refractivity contribution is -0.126. The van der Waals surface area contributed by atoms with Gasteiger partial charge >= 0.3 is 0 Å². The summed E-state index contributed by atoms with van der Waals surface area (Å²) in [7, 11) is 0. The number of rotatable bonds is 11. The second-order valence-electron chi connectivity index (χ2n) is 5.81. The van der Waals surface area contributed by atoms with Gasteiger partial charge in [0.2, 0.25) is 11.8 Å². The molecule has 2 unspecified atom stereocenters. The summed E-state index contributed by atoms with van der Waals surface area (Å²) in [5.74, 6) is 1.98. The molecule has 0 heterocycles. The molecule has 0 aromatic rings. The first-order valence-electron chi connectivity index (χ1n) is 7.60. The van der Waals surface area contributed by atoms with Crippen LogP contribution in [-0.2, 0) is 9.59 Å². The Morgan fingerprint density at radius 2 is 1.76 bits per heavy atom. The van der Waals surface area contributed by atoms with Crippen molar-refractivity contribution < 1.29 is 9.59 Å². The fraction of sp³-hybridized carbons (Fsp3) is 0.750. The summed E-state index contributed by atoms with van der Waals surface area (Å²) < 4.78 is 0. The Labute approximate surface area is 133 Å². The molecule has 0 aliphatic heterocycles. The molecule has 0 aromatic carbocycles. The minimum absolute atomic E-state index is 0.211. The molecule has 0 radical (unpaired) electrons. The Morgan fingerprint density at radius 3 is 2.29 bits per heavy atom. The number of allylic oxidation sites excluding steroid dienone is 2. The standard InChI is InChI=1S/C16H30N2O2S/c1-12(2)6-5-7-13(3)8-10-21-11-9-15(16(17)20)18-14(4)19/h6,13,15H,5,7-11H2,1-4H3,(H2,17,20)(H,18,19). The lowest BCUT2D eigenvalue weighted by Gasteiger charge is -2.14. The molecule has 0 saturated heterocycles. The number of carbonyl (C=O) groups is 2. The van der Waals surface area contributed by atoms with Crippen LogP contribution >= 0.6 is 11.8 Å². The van der Waals surface area contributed by atoms with Gasteiger partial charge in [0, 0.05) is 6.92 Å². The second-order valence-corrected chi connectivity index (χ2v) is 7.03. The molecule has 4 nitrogen and oxygen atoms in total. The van der Waals surface area contributed by atoms with Gasteiger partial charge in [-0.25, -0.2) is 0 Å². The van der Waals surface area contributed by atoms with Gasteiger partial charge in [0.25, 0.3) is 0 Å². The monoisotopic (exact) mass is 314 g/mol. The predicted molar refractivity (Wildman–Crippen MR) is 91.2 cm³/mol. The molecule has 122 valence electrons. The fourth-order valence-electron chi connectivity index (χ4n) is 1.92. The van der Waals surface area contributed by atoms with Crippen molar-refractivity contribution in [2.45, 2.75) is 59.4 Å². The summed E-state index contributed by atoms with van der Waals surface area (Å²) in [6.45, 7) is 7.94. The van der Waals surface area contributed by atoms with Crippen molar-refractivity contribution in [1.82, 2.24) is 5.32 Å². The number of amides is 2. The lowest BCUT2D eigenvalue weighted by Crippen LogP contribution is -2.43. The fourth-order valence-corrected chi connectivity index (χ4v) is 3.10. The number of hydrogen-bond donors (Lipinski definition) is 2. The maximum Gasteiger partial charge on any atom is 0.240 e. The van der Waals surface area contributed by atoms with Gasteiger partial charge in [-0.15, -0.1) is 0 Å². The largest absolute Gasteiger partial charge is 0.368 e. The molecular formula is C16H30N2O2S. The van der Waals surface area contributed by atoms with Gasteiger partial charge in [-0.3, -0.25) is 9.59 Å². The maximum atomic E-state index is 11.2. The van der Waals surface area contributed by atoms with E-state index in [0.29, 0.717) is 6.42 Å². The SMILES string of the molecule is CC(=O)NC(CCSCCC(C)CCC=C(C)C)C(N)=O. The molecule has 21 heavy (non-hydrogen) atoms. The molecule has 0 aliphatic rings. The first-order valence-corrected chi connectivity index (χ1v) is 8.76. The molecule has 3 N–H and O–H groups in total. The van der Waals surface area contributed by atoms with E-state index in [-0.39, 0.29) is 5.91 Å². The average Bonchev–Trinajstić information content (AvgIpc) is 2.35. The Bertz CT molecular complexity index is 352. The lowest BCUT2D eigenvalue weighted by atomic mass is 10.0. The number of carbonyl (C=O) groups excluding carboxylic acids is 2. The van der Waals surface area contributed by atoms with Crippen molar-refractivity contribution in [3.8, 4) is 0 Å². The highest BCUT2D eigenvalue weighted by Gasteiger charge is 2.15. The number of nitrogens with two attached hydrogens (primary N) is 1. The second kappa shape index (κ2) is 11.7. The molecule has 0 bridgehead atoms. The van der Waals surface area contributed by atoms with Crippen LogP contribution in [0.5, 0.6) is 0 Å². The van der Waals surface area contributed by atoms with E-state index in [1.54, 1.807) is 0 Å². The quantitative estimate of drug-likeness (QED) is 0.455. The zero-order valence-corrected chi connectivity index (χ0v) is 14.6. The van der Waals surface area contributed by atoms with E-state index in [1.807, 2.05) is 11.8 Å². The van der Waals surface area contributed by atoms with E-state index in [4.69, 9.17) is 5.73 Å². The summed E-state index contributed by atoms with van der Waals surface area (Å²) in [5.41, 5.74) is 6.64. The molecule has 0 saturated carbocycles. The highest BCUT2D eigenvalue weighted by atomic mass is 32.2. The molecule has 0 rings (SSSR count). The highest BCUT2D eigenvalue weighted by Crippen LogP contribution is 2.16. The molecular weight excluding hydrogens is 284 g/mol. The Kier molecular flexibility index (Phi) is 11.1. The van der Waals surface area contributed by atoms with Crippen LogP contribution in [0, 0.1) is 5.92 Å². The third-order valence-corrected chi connectivity index (χ3v) is 4.29. The third-order valence-electron chi connectivity index (χ3n) is 3.24. The van der Waals surface area contributed by atoms with Gasteiger partial charge < -0.3 is 11.1 Å². The summed E-state index contributed by atoms with van der Waals surface area (Å²) in [6.07, 6.45) is 6.45. The van der Waals surface area contributed by atoms with Gasteiger partial charge in [0.15, 0.2) is 0 Å². The number of thioether (sulfide) groups is 1. The molecule has 0 aliphatic carbocycles. The molecule has 0 aromatic heterocycles. The van der Waals surface area contributed by atoms with Crippen LogP contribution in [0.1, 0.15) is 53.4 Å². The molecule has 2 amide bonds. The Balaban J connectivity index is 3.72. The molecule has 0 spiro atoms. The van der Waals surface area contributed by atoms with Gasteiger partial charge in [0.05, 0.1) is 0 Å². The van der Waals surface area contributed by atoms with E-state index < -0.39 is 11.9 Å². The maximum absolute atomic E-state index is 11.2. The Morgan fingerprint density at radius 1 is 1.14 bits per heavy atom. The van der Waals surface area contributed by atoms with Crippen LogP contribution in [0.2, 0.25) is 0 Å². The number of primary amides is 1. The van der Waals surface area contributed by atoms with Gasteiger partial charge in [-0.1, -0.05) is 18.6 Å². The molecule has 2 atom stereocenters. The van der Waals surface area contributed by atoms with Crippen LogP contribution < -0.4 is 11.1 Å². The van der Waals surface area contributed by atoms with E-state index in [9.17, 15) is 9.59 Å². The zero-order chi connectivity index (χ0) is 16.3. The van der Waals surface area contributed by atoms with Crippen molar-refractivity contribution in [3.63, 3.8) is 0 Å². The topological polar surface area (TPSA) is 72.2 Å². The van der Waals surface area contributed by atoms with Gasteiger partial charge in [-0.05, 0) is 57.0 Å². The van der Waals surface area contributed by atoms with E-state index >= 15 is 0 Å². The van der Waals surface area contributed by atoms with E-state index in [2.05, 4.69) is 32.2 Å². The molecule has 0 fully saturated rings. The van der Waals surface area contributed by atoms with Crippen LogP contribution in [0.15, 0.2) is 11.6 Å². The minimum atomic E-state index is -0.537. The third kappa shape index (κ3) is 12.5. The molecule has 5 heteroatoms. The van der Waals surface area contributed by atoms with Crippen LogP contribution in [-0.4, -0.2) is 29.4 Å². The van der Waals surface area contributed by atoms with Crippen molar-refractivity contribution in [2.24, 2.45) is 11.7 Å². The summed E-state index contributed by atoms with van der Waals surface area (Å²) in [4.78, 5) is 22.1. The van der Waals surface area contributed by atoms with Crippen molar-refractivity contribution >= 4 is 23.6 Å².